The molecular weight excluding hydrogens is 308 g/mol. The number of ether oxygens (including phenoxy) is 1. The summed E-state index contributed by atoms with van der Waals surface area (Å²) in [4.78, 5) is 13.9. The average molecular weight is 328 g/mol. The Morgan fingerprint density at radius 3 is 2.87 bits per heavy atom. The van der Waals surface area contributed by atoms with Crippen molar-refractivity contribution in [1.29, 1.82) is 0 Å². The lowest BCUT2D eigenvalue weighted by Gasteiger charge is -2.23. The third-order valence-corrected chi connectivity index (χ3v) is 5.65. The van der Waals surface area contributed by atoms with E-state index in [9.17, 15) is 9.35 Å². The van der Waals surface area contributed by atoms with Crippen molar-refractivity contribution in [1.82, 2.24) is 0 Å². The van der Waals surface area contributed by atoms with Gasteiger partial charge in [0.05, 0.1) is 12.2 Å². The van der Waals surface area contributed by atoms with Gasteiger partial charge in [0.2, 0.25) is 0 Å². The van der Waals surface area contributed by atoms with E-state index in [1.807, 2.05) is 25.1 Å². The van der Waals surface area contributed by atoms with Gasteiger partial charge in [0, 0.05) is 28.7 Å². The Bertz CT molecular complexity index is 739. The maximum absolute atomic E-state index is 12.8. The van der Waals surface area contributed by atoms with E-state index in [0.29, 0.717) is 18.6 Å². The van der Waals surface area contributed by atoms with E-state index in [1.165, 1.54) is 0 Å². The topological polar surface area (TPSA) is 49.4 Å². The quantitative estimate of drug-likeness (QED) is 0.484. The minimum absolute atomic E-state index is 0.316. The van der Waals surface area contributed by atoms with Gasteiger partial charge in [-0.1, -0.05) is 37.1 Å². The number of hydrogen-bond acceptors (Lipinski definition) is 3. The Kier molecular flexibility index (Phi) is 4.74. The van der Waals surface area contributed by atoms with Crippen LogP contribution in [0.3, 0.4) is 0 Å². The zero-order chi connectivity index (χ0) is 16.4. The van der Waals surface area contributed by atoms with Crippen LogP contribution in [0.25, 0.3) is 0 Å². The molecule has 1 unspecified atom stereocenters. The van der Waals surface area contributed by atoms with Gasteiger partial charge in [-0.3, -0.25) is 0 Å². The molecule has 1 atom stereocenters. The van der Waals surface area contributed by atoms with Crippen LogP contribution >= 0.6 is 0 Å². The van der Waals surface area contributed by atoms with E-state index in [-0.39, 0.29) is 5.97 Å². The average Bonchev–Trinajstić information content (AvgIpc) is 2.54. The molecule has 0 radical (unpaired) electrons. The number of hydrogen-bond donors (Lipinski definition) is 0. The monoisotopic (exact) mass is 328 g/mol. The molecule has 3 nitrogen and oxygen atoms in total. The van der Waals surface area contributed by atoms with Gasteiger partial charge in [0.25, 0.3) is 0 Å². The second kappa shape index (κ2) is 6.77. The first-order chi connectivity index (χ1) is 11.1. The van der Waals surface area contributed by atoms with Crippen molar-refractivity contribution < 1.29 is 14.1 Å². The molecule has 0 saturated heterocycles. The number of carbonyl (C=O) groups is 1. The summed E-state index contributed by atoms with van der Waals surface area (Å²) >= 11 is -1.24. The van der Waals surface area contributed by atoms with Crippen molar-refractivity contribution >= 4 is 17.1 Å². The van der Waals surface area contributed by atoms with E-state index in [2.05, 4.69) is 13.0 Å². The second-order valence-electron chi connectivity index (χ2n) is 5.83. The lowest BCUT2D eigenvalue weighted by molar-refractivity contribution is 0.0498. The zero-order valence-corrected chi connectivity index (χ0v) is 14.2. The van der Waals surface area contributed by atoms with Crippen molar-refractivity contribution in [2.24, 2.45) is 0 Å². The summed E-state index contributed by atoms with van der Waals surface area (Å²) in [5, 5.41) is 0. The molecule has 1 aliphatic heterocycles. The molecule has 0 fully saturated rings. The lowest BCUT2D eigenvalue weighted by Crippen LogP contribution is -2.19. The first-order valence-electron chi connectivity index (χ1n) is 7.92. The van der Waals surface area contributed by atoms with Gasteiger partial charge < -0.3 is 9.29 Å². The summed E-state index contributed by atoms with van der Waals surface area (Å²) in [5.41, 5.74) is 3.54. The van der Waals surface area contributed by atoms with Crippen LogP contribution in [0, 0.1) is 6.92 Å². The minimum atomic E-state index is -1.24. The Balaban J connectivity index is 1.96. The van der Waals surface area contributed by atoms with Crippen LogP contribution in [0.1, 0.15) is 46.8 Å². The van der Waals surface area contributed by atoms with Crippen molar-refractivity contribution in [3.63, 3.8) is 0 Å². The number of carbonyl (C=O) groups excluding carboxylic acids is 1. The minimum Gasteiger partial charge on any atom is -0.606 e. The number of benzene rings is 2. The molecule has 1 heterocycles. The summed E-state index contributed by atoms with van der Waals surface area (Å²) < 4.78 is 18.2. The van der Waals surface area contributed by atoms with Crippen LogP contribution in [0.2, 0.25) is 0 Å². The van der Waals surface area contributed by atoms with Crippen molar-refractivity contribution in [3.05, 3.63) is 58.7 Å². The molecular formula is C19H20O3S. The van der Waals surface area contributed by atoms with E-state index < -0.39 is 11.2 Å². The van der Waals surface area contributed by atoms with Gasteiger partial charge in [0.15, 0.2) is 9.79 Å². The van der Waals surface area contributed by atoms with Crippen molar-refractivity contribution in [2.45, 2.75) is 42.9 Å². The molecule has 1 aliphatic rings. The predicted molar refractivity (Wildman–Crippen MR) is 90.3 cm³/mol. The Hall–Kier alpha value is -1.78. The smallest absolute Gasteiger partial charge is 0.338 e. The highest BCUT2D eigenvalue weighted by molar-refractivity contribution is 7.91. The van der Waals surface area contributed by atoms with Gasteiger partial charge in [-0.2, -0.15) is 0 Å². The van der Waals surface area contributed by atoms with Gasteiger partial charge in [0.1, 0.15) is 0 Å². The standard InChI is InChI=1S/C19H20O3S/c1-3-4-10-22-19(20)15-6-5-7-18-16(15)12-14-11-13(2)8-9-17(14)23(18)21/h5-9,11H,3-4,10,12H2,1-2H3. The van der Waals surface area contributed by atoms with Gasteiger partial charge in [-0.05, 0) is 31.5 Å². The molecule has 2 aromatic rings. The molecule has 120 valence electrons. The zero-order valence-electron chi connectivity index (χ0n) is 13.4. The highest BCUT2D eigenvalue weighted by Crippen LogP contribution is 2.36. The fraction of sp³-hybridized carbons (Fsp3) is 0.316. The number of esters is 1. The third-order valence-electron chi connectivity index (χ3n) is 4.07. The first kappa shape index (κ1) is 16.1. The molecule has 4 heteroatoms. The SMILES string of the molecule is CCCCOC(=O)c1cccc2c1Cc1cc(C)ccc1[S+]2[O-]. The number of fused-ring (bicyclic) bond motifs is 2. The number of rotatable bonds is 4. The van der Waals surface area contributed by atoms with E-state index in [1.54, 1.807) is 12.1 Å². The summed E-state index contributed by atoms with van der Waals surface area (Å²) in [7, 11) is 0. The number of unbranched alkanes of at least 4 members (excludes halogenated alkanes) is 1. The highest BCUT2D eigenvalue weighted by Gasteiger charge is 2.31. The maximum Gasteiger partial charge on any atom is 0.338 e. The number of aryl methyl sites for hydroxylation is 1. The third kappa shape index (κ3) is 3.14. The van der Waals surface area contributed by atoms with Crippen molar-refractivity contribution in [2.75, 3.05) is 6.61 Å². The molecule has 23 heavy (non-hydrogen) atoms. The molecule has 0 spiro atoms. The fourth-order valence-electron chi connectivity index (χ4n) is 2.84. The molecule has 0 N–H and O–H groups in total. The van der Waals surface area contributed by atoms with E-state index >= 15 is 0 Å². The van der Waals surface area contributed by atoms with Crippen LogP contribution in [0.4, 0.5) is 0 Å². The summed E-state index contributed by atoms with van der Waals surface area (Å²) in [6.07, 6.45) is 2.46. The highest BCUT2D eigenvalue weighted by atomic mass is 32.2. The fourth-order valence-corrected chi connectivity index (χ4v) is 4.24. The largest absolute Gasteiger partial charge is 0.606 e. The first-order valence-corrected chi connectivity index (χ1v) is 9.07. The molecule has 0 aromatic heterocycles. The summed E-state index contributed by atoms with van der Waals surface area (Å²) in [6.45, 7) is 4.50. The van der Waals surface area contributed by atoms with E-state index in [4.69, 9.17) is 4.74 Å². The summed E-state index contributed by atoms with van der Waals surface area (Å²) in [5.74, 6) is -0.316. The van der Waals surface area contributed by atoms with Crippen molar-refractivity contribution in [3.8, 4) is 0 Å². The normalized spacial score (nSPS) is 15.7. The predicted octanol–water partition coefficient (Wildman–Crippen LogP) is 4.02. The lowest BCUT2D eigenvalue weighted by atomic mass is 9.98. The molecule has 0 amide bonds. The molecule has 0 saturated carbocycles. The molecule has 3 rings (SSSR count). The van der Waals surface area contributed by atoms with Crippen LogP contribution in [0.15, 0.2) is 46.2 Å². The van der Waals surface area contributed by atoms with Gasteiger partial charge >= 0.3 is 5.97 Å². The van der Waals surface area contributed by atoms with Crippen LogP contribution < -0.4 is 0 Å². The Morgan fingerprint density at radius 1 is 1.26 bits per heavy atom. The maximum atomic E-state index is 12.8. The van der Waals surface area contributed by atoms with Crippen LogP contribution in [-0.4, -0.2) is 17.1 Å². The Morgan fingerprint density at radius 2 is 2.09 bits per heavy atom. The van der Waals surface area contributed by atoms with E-state index in [0.717, 1.165) is 39.3 Å². The molecule has 2 aromatic carbocycles. The molecule has 0 aliphatic carbocycles. The van der Waals surface area contributed by atoms with Crippen LogP contribution in [0.5, 0.6) is 0 Å². The Labute approximate surface area is 139 Å². The van der Waals surface area contributed by atoms with Gasteiger partial charge in [-0.15, -0.1) is 0 Å². The van der Waals surface area contributed by atoms with Gasteiger partial charge in [-0.25, -0.2) is 4.79 Å². The second-order valence-corrected chi connectivity index (χ2v) is 7.25. The summed E-state index contributed by atoms with van der Waals surface area (Å²) in [6, 6.07) is 11.4. The van der Waals surface area contributed by atoms with Crippen LogP contribution in [-0.2, 0) is 22.3 Å². The molecule has 0 bridgehead atoms.